The molecule has 0 atom stereocenters. The van der Waals surface area contributed by atoms with Gasteiger partial charge < -0.3 is 14.0 Å². The molecule has 0 spiro atoms. The van der Waals surface area contributed by atoms with Crippen molar-refractivity contribution < 1.29 is 14.0 Å². The Hall–Kier alpha value is -4.11. The predicted molar refractivity (Wildman–Crippen MR) is 138 cm³/mol. The molecule has 2 heterocycles. The summed E-state index contributed by atoms with van der Waals surface area (Å²) in [6.45, 7) is 2.58. The standard InChI is InChI=1S/C27H25N5O3S/c1-3-34-23-15-11-21(12-16-23)32-26(20-9-13-22(33-2)14-10-20)29-30-27(32)36-18-25-28-24(31-35-25)17-19-7-5-4-6-8-19/h4-16H,3,17-18H2,1-2H3. The maximum absolute atomic E-state index is 5.61. The quantitative estimate of drug-likeness (QED) is 0.229. The Morgan fingerprint density at radius 1 is 0.889 bits per heavy atom. The molecule has 182 valence electrons. The normalized spacial score (nSPS) is 10.9. The molecule has 36 heavy (non-hydrogen) atoms. The highest BCUT2D eigenvalue weighted by Gasteiger charge is 2.18. The number of aromatic nitrogens is 5. The summed E-state index contributed by atoms with van der Waals surface area (Å²) in [5.74, 6) is 3.98. The summed E-state index contributed by atoms with van der Waals surface area (Å²) in [6, 6.07) is 25.7. The monoisotopic (exact) mass is 499 g/mol. The molecule has 0 radical (unpaired) electrons. The van der Waals surface area contributed by atoms with Crippen LogP contribution in [0.15, 0.2) is 88.5 Å². The van der Waals surface area contributed by atoms with Crippen molar-refractivity contribution in [3.05, 3.63) is 96.1 Å². The number of thioether (sulfide) groups is 1. The molecule has 0 bridgehead atoms. The molecule has 5 rings (SSSR count). The van der Waals surface area contributed by atoms with Gasteiger partial charge in [-0.1, -0.05) is 47.3 Å². The first-order valence-electron chi connectivity index (χ1n) is 11.5. The SMILES string of the molecule is CCOc1ccc(-n2c(SCc3nc(Cc4ccccc4)no3)nnc2-c2ccc(OC)cc2)cc1. The maximum Gasteiger partial charge on any atom is 0.237 e. The minimum Gasteiger partial charge on any atom is -0.497 e. The van der Waals surface area contributed by atoms with Gasteiger partial charge in [0, 0.05) is 17.7 Å². The lowest BCUT2D eigenvalue weighted by atomic mass is 10.1. The van der Waals surface area contributed by atoms with Crippen molar-refractivity contribution in [3.63, 3.8) is 0 Å². The van der Waals surface area contributed by atoms with Crippen LogP contribution in [0.25, 0.3) is 17.1 Å². The smallest absolute Gasteiger partial charge is 0.237 e. The average Bonchev–Trinajstić information content (AvgIpc) is 3.55. The second-order valence-corrected chi connectivity index (χ2v) is 8.79. The Kier molecular flexibility index (Phi) is 7.28. The summed E-state index contributed by atoms with van der Waals surface area (Å²) in [6.07, 6.45) is 0.624. The van der Waals surface area contributed by atoms with Gasteiger partial charge in [0.1, 0.15) is 11.5 Å². The number of nitrogens with zero attached hydrogens (tertiary/aromatic N) is 5. The van der Waals surface area contributed by atoms with E-state index in [9.17, 15) is 0 Å². The molecule has 0 fully saturated rings. The van der Waals surface area contributed by atoms with Crippen molar-refractivity contribution in [2.75, 3.05) is 13.7 Å². The van der Waals surface area contributed by atoms with Crippen LogP contribution in [-0.2, 0) is 12.2 Å². The Morgan fingerprint density at radius 3 is 2.36 bits per heavy atom. The van der Waals surface area contributed by atoms with E-state index >= 15 is 0 Å². The molecule has 3 aromatic carbocycles. The van der Waals surface area contributed by atoms with Crippen LogP contribution in [0.4, 0.5) is 0 Å². The van der Waals surface area contributed by atoms with Crippen LogP contribution in [0.1, 0.15) is 24.2 Å². The zero-order valence-corrected chi connectivity index (χ0v) is 20.8. The Morgan fingerprint density at radius 2 is 1.64 bits per heavy atom. The van der Waals surface area contributed by atoms with Crippen LogP contribution in [0.2, 0.25) is 0 Å². The Labute approximate surface area is 213 Å². The second-order valence-electron chi connectivity index (χ2n) is 7.85. The molecule has 5 aromatic rings. The lowest BCUT2D eigenvalue weighted by Gasteiger charge is -2.11. The van der Waals surface area contributed by atoms with E-state index in [-0.39, 0.29) is 0 Å². The zero-order valence-electron chi connectivity index (χ0n) is 20.0. The summed E-state index contributed by atoms with van der Waals surface area (Å²) in [4.78, 5) is 4.55. The predicted octanol–water partition coefficient (Wildman–Crippen LogP) is 5.61. The Bertz CT molecular complexity index is 1400. The third-order valence-corrected chi connectivity index (χ3v) is 6.34. The summed E-state index contributed by atoms with van der Waals surface area (Å²) < 4.78 is 18.4. The van der Waals surface area contributed by atoms with Gasteiger partial charge in [0.2, 0.25) is 5.89 Å². The van der Waals surface area contributed by atoms with Gasteiger partial charge in [0.15, 0.2) is 16.8 Å². The van der Waals surface area contributed by atoms with Crippen LogP contribution in [0.3, 0.4) is 0 Å². The third-order valence-electron chi connectivity index (χ3n) is 5.43. The van der Waals surface area contributed by atoms with Gasteiger partial charge in [0.05, 0.1) is 19.5 Å². The van der Waals surface area contributed by atoms with Gasteiger partial charge >= 0.3 is 0 Å². The Balaban J connectivity index is 1.40. The first-order chi connectivity index (χ1) is 17.7. The fourth-order valence-corrected chi connectivity index (χ4v) is 4.50. The molecule has 0 saturated carbocycles. The minimum absolute atomic E-state index is 0.472. The molecular weight excluding hydrogens is 474 g/mol. The second kappa shape index (κ2) is 11.1. The summed E-state index contributed by atoms with van der Waals surface area (Å²) in [7, 11) is 1.65. The number of rotatable bonds is 10. The average molecular weight is 500 g/mol. The molecule has 2 aromatic heterocycles. The summed E-state index contributed by atoms with van der Waals surface area (Å²) >= 11 is 1.49. The number of hydrogen-bond donors (Lipinski definition) is 0. The molecule has 9 heteroatoms. The van der Waals surface area contributed by atoms with E-state index in [0.717, 1.165) is 34.1 Å². The summed E-state index contributed by atoms with van der Waals surface area (Å²) in [5, 5.41) is 13.8. The number of ether oxygens (including phenoxy) is 2. The van der Waals surface area contributed by atoms with Crippen molar-refractivity contribution in [1.29, 1.82) is 0 Å². The van der Waals surface area contributed by atoms with E-state index < -0.39 is 0 Å². The number of hydrogen-bond acceptors (Lipinski definition) is 8. The van der Waals surface area contributed by atoms with Gasteiger partial charge in [-0.3, -0.25) is 4.57 Å². The molecule has 0 unspecified atom stereocenters. The highest BCUT2D eigenvalue weighted by atomic mass is 32.2. The molecule has 0 amide bonds. The van der Waals surface area contributed by atoms with E-state index in [1.165, 1.54) is 11.8 Å². The van der Waals surface area contributed by atoms with Gasteiger partial charge in [-0.2, -0.15) is 4.98 Å². The zero-order chi connectivity index (χ0) is 24.7. The van der Waals surface area contributed by atoms with Crippen LogP contribution in [0, 0.1) is 0 Å². The first kappa shape index (κ1) is 23.6. The van der Waals surface area contributed by atoms with E-state index in [1.54, 1.807) is 7.11 Å². The van der Waals surface area contributed by atoms with Crippen LogP contribution < -0.4 is 9.47 Å². The van der Waals surface area contributed by atoms with Crippen molar-refractivity contribution in [1.82, 2.24) is 24.9 Å². The van der Waals surface area contributed by atoms with E-state index in [4.69, 9.17) is 14.0 Å². The first-order valence-corrected chi connectivity index (χ1v) is 12.5. The number of benzene rings is 3. The molecule has 0 aliphatic heterocycles. The van der Waals surface area contributed by atoms with Crippen molar-refractivity contribution in [2.24, 2.45) is 0 Å². The van der Waals surface area contributed by atoms with Gasteiger partial charge in [-0.25, -0.2) is 0 Å². The third kappa shape index (κ3) is 5.41. The molecule has 0 N–H and O–H groups in total. The van der Waals surface area contributed by atoms with Gasteiger partial charge in [-0.15, -0.1) is 10.2 Å². The number of methoxy groups -OCH3 is 1. The highest BCUT2D eigenvalue weighted by Crippen LogP contribution is 2.31. The van der Waals surface area contributed by atoms with Crippen LogP contribution in [0.5, 0.6) is 11.5 Å². The minimum atomic E-state index is 0.472. The van der Waals surface area contributed by atoms with Crippen LogP contribution in [-0.4, -0.2) is 38.6 Å². The van der Waals surface area contributed by atoms with E-state index in [2.05, 4.69) is 20.3 Å². The fourth-order valence-electron chi connectivity index (χ4n) is 3.71. The van der Waals surface area contributed by atoms with Gasteiger partial charge in [0.25, 0.3) is 0 Å². The molecular formula is C27H25N5O3S. The van der Waals surface area contributed by atoms with Crippen LogP contribution >= 0.6 is 11.8 Å². The van der Waals surface area contributed by atoms with E-state index in [1.807, 2.05) is 90.4 Å². The molecule has 0 aliphatic rings. The van der Waals surface area contributed by atoms with Crippen molar-refractivity contribution in [2.45, 2.75) is 24.3 Å². The van der Waals surface area contributed by atoms with E-state index in [0.29, 0.717) is 35.7 Å². The van der Waals surface area contributed by atoms with Gasteiger partial charge in [-0.05, 0) is 61.0 Å². The lowest BCUT2D eigenvalue weighted by molar-refractivity contribution is 0.340. The molecule has 0 saturated heterocycles. The highest BCUT2D eigenvalue weighted by molar-refractivity contribution is 7.98. The summed E-state index contributed by atoms with van der Waals surface area (Å²) in [5.41, 5.74) is 2.98. The lowest BCUT2D eigenvalue weighted by Crippen LogP contribution is -2.00. The molecule has 0 aliphatic carbocycles. The largest absolute Gasteiger partial charge is 0.497 e. The maximum atomic E-state index is 5.61. The van der Waals surface area contributed by atoms with Crippen molar-refractivity contribution in [3.8, 4) is 28.6 Å². The topological polar surface area (TPSA) is 88.1 Å². The van der Waals surface area contributed by atoms with Crippen molar-refractivity contribution >= 4 is 11.8 Å². The molecule has 8 nitrogen and oxygen atoms in total. The fraction of sp³-hybridized carbons (Fsp3) is 0.185.